The average molecular weight is 261 g/mol. The summed E-state index contributed by atoms with van der Waals surface area (Å²) in [6.45, 7) is 2.06. The Labute approximate surface area is 112 Å². The van der Waals surface area contributed by atoms with E-state index in [0.29, 0.717) is 12.1 Å². The number of hydrogen-bond acceptors (Lipinski definition) is 4. The van der Waals surface area contributed by atoms with Crippen LogP contribution in [0.1, 0.15) is 25.7 Å². The van der Waals surface area contributed by atoms with E-state index in [1.54, 1.807) is 18.2 Å². The van der Waals surface area contributed by atoms with E-state index in [9.17, 15) is 10.1 Å². The third kappa shape index (κ3) is 2.87. The number of nitro benzene ring substituents is 1. The maximum atomic E-state index is 10.9. The highest BCUT2D eigenvalue weighted by Crippen LogP contribution is 2.33. The van der Waals surface area contributed by atoms with Gasteiger partial charge in [0.2, 0.25) is 0 Å². The van der Waals surface area contributed by atoms with Crippen molar-refractivity contribution in [3.63, 3.8) is 0 Å². The Kier molecular flexibility index (Phi) is 3.38. The molecular formula is C14H19N3O2. The molecule has 0 radical (unpaired) electrons. The summed E-state index contributed by atoms with van der Waals surface area (Å²) >= 11 is 0. The van der Waals surface area contributed by atoms with Crippen molar-refractivity contribution >= 4 is 11.4 Å². The predicted octanol–water partition coefficient (Wildman–Crippen LogP) is 2.32. The molecule has 1 saturated carbocycles. The molecule has 0 aromatic heterocycles. The zero-order valence-corrected chi connectivity index (χ0v) is 10.9. The first-order valence-corrected chi connectivity index (χ1v) is 6.98. The monoisotopic (exact) mass is 261 g/mol. The fraction of sp³-hybridized carbons (Fsp3) is 0.571. The van der Waals surface area contributed by atoms with E-state index >= 15 is 0 Å². The standard InChI is InChI=1S/C14H19N3O2/c18-17(19)14-5-1-4-13(9-14)16(12-6-7-12)10-11-3-2-8-15-11/h1,4-5,9,11-12,15H,2-3,6-8,10H2. The number of rotatable bonds is 5. The Morgan fingerprint density at radius 3 is 2.84 bits per heavy atom. The summed E-state index contributed by atoms with van der Waals surface area (Å²) in [6, 6.07) is 8.13. The topological polar surface area (TPSA) is 58.4 Å². The molecule has 1 N–H and O–H groups in total. The Balaban J connectivity index is 1.78. The van der Waals surface area contributed by atoms with Crippen molar-refractivity contribution in [3.05, 3.63) is 34.4 Å². The molecule has 1 unspecified atom stereocenters. The Bertz CT molecular complexity index is 468. The number of non-ortho nitro benzene ring substituents is 1. The Hall–Kier alpha value is -1.62. The van der Waals surface area contributed by atoms with E-state index in [1.165, 1.54) is 25.7 Å². The van der Waals surface area contributed by atoms with Crippen LogP contribution in [-0.2, 0) is 0 Å². The van der Waals surface area contributed by atoms with Gasteiger partial charge in [-0.05, 0) is 38.3 Å². The predicted molar refractivity (Wildman–Crippen MR) is 74.5 cm³/mol. The van der Waals surface area contributed by atoms with Gasteiger partial charge in [-0.3, -0.25) is 10.1 Å². The minimum atomic E-state index is -0.317. The summed E-state index contributed by atoms with van der Waals surface area (Å²) in [6.07, 6.45) is 4.85. The zero-order valence-electron chi connectivity index (χ0n) is 10.9. The van der Waals surface area contributed by atoms with Crippen molar-refractivity contribution in [2.75, 3.05) is 18.0 Å². The fourth-order valence-electron chi connectivity index (χ4n) is 2.79. The van der Waals surface area contributed by atoms with Crippen molar-refractivity contribution in [1.82, 2.24) is 5.32 Å². The van der Waals surface area contributed by atoms with E-state index in [1.807, 2.05) is 6.07 Å². The van der Waals surface area contributed by atoms with Gasteiger partial charge in [-0.15, -0.1) is 0 Å². The minimum Gasteiger partial charge on any atom is -0.367 e. The quantitative estimate of drug-likeness (QED) is 0.652. The molecule has 1 atom stereocenters. The summed E-state index contributed by atoms with van der Waals surface area (Å²) in [5.41, 5.74) is 1.17. The van der Waals surface area contributed by atoms with E-state index < -0.39 is 0 Å². The third-order valence-electron chi connectivity index (χ3n) is 3.94. The molecule has 5 heteroatoms. The van der Waals surface area contributed by atoms with Gasteiger partial charge in [0.15, 0.2) is 0 Å². The summed E-state index contributed by atoms with van der Waals surface area (Å²) in [4.78, 5) is 12.9. The van der Waals surface area contributed by atoms with Gasteiger partial charge in [0, 0.05) is 36.4 Å². The molecule has 0 amide bonds. The SMILES string of the molecule is O=[N+]([O-])c1cccc(N(CC2CCCN2)C2CC2)c1. The van der Waals surface area contributed by atoms with Crippen LogP contribution < -0.4 is 10.2 Å². The number of nitro groups is 1. The van der Waals surface area contributed by atoms with Crippen molar-refractivity contribution in [2.24, 2.45) is 0 Å². The highest BCUT2D eigenvalue weighted by Gasteiger charge is 2.32. The summed E-state index contributed by atoms with van der Waals surface area (Å²) < 4.78 is 0. The maximum absolute atomic E-state index is 10.9. The number of benzene rings is 1. The van der Waals surface area contributed by atoms with Crippen LogP contribution in [0.15, 0.2) is 24.3 Å². The molecule has 1 saturated heterocycles. The Morgan fingerprint density at radius 2 is 2.21 bits per heavy atom. The molecule has 2 aliphatic rings. The zero-order chi connectivity index (χ0) is 13.2. The van der Waals surface area contributed by atoms with E-state index in [-0.39, 0.29) is 10.6 Å². The highest BCUT2D eigenvalue weighted by molar-refractivity contribution is 5.54. The highest BCUT2D eigenvalue weighted by atomic mass is 16.6. The van der Waals surface area contributed by atoms with Crippen molar-refractivity contribution in [3.8, 4) is 0 Å². The summed E-state index contributed by atoms with van der Waals surface area (Å²) in [7, 11) is 0. The molecule has 1 aromatic rings. The van der Waals surface area contributed by atoms with Crippen molar-refractivity contribution in [2.45, 2.75) is 37.8 Å². The third-order valence-corrected chi connectivity index (χ3v) is 3.94. The summed E-state index contributed by atoms with van der Waals surface area (Å²) in [5.74, 6) is 0. The van der Waals surface area contributed by atoms with E-state index in [0.717, 1.165) is 18.8 Å². The van der Waals surface area contributed by atoms with Crippen LogP contribution in [0.5, 0.6) is 0 Å². The van der Waals surface area contributed by atoms with Crippen LogP contribution in [0.4, 0.5) is 11.4 Å². The van der Waals surface area contributed by atoms with Crippen molar-refractivity contribution < 1.29 is 4.92 Å². The molecule has 1 aliphatic carbocycles. The van der Waals surface area contributed by atoms with Gasteiger partial charge in [-0.25, -0.2) is 0 Å². The molecule has 2 fully saturated rings. The lowest BCUT2D eigenvalue weighted by atomic mass is 10.2. The van der Waals surface area contributed by atoms with Crippen LogP contribution in [0.25, 0.3) is 0 Å². The van der Waals surface area contributed by atoms with Gasteiger partial charge in [-0.2, -0.15) is 0 Å². The number of nitrogens with one attached hydrogen (secondary N) is 1. The van der Waals surface area contributed by atoms with Crippen LogP contribution in [0.2, 0.25) is 0 Å². The van der Waals surface area contributed by atoms with Crippen LogP contribution >= 0.6 is 0 Å². The lowest BCUT2D eigenvalue weighted by Crippen LogP contribution is -2.38. The van der Waals surface area contributed by atoms with Gasteiger partial charge < -0.3 is 10.2 Å². The van der Waals surface area contributed by atoms with Crippen LogP contribution in [0, 0.1) is 10.1 Å². The normalized spacial score (nSPS) is 22.4. The number of anilines is 1. The molecule has 102 valence electrons. The van der Waals surface area contributed by atoms with E-state index in [2.05, 4.69) is 10.2 Å². The molecule has 19 heavy (non-hydrogen) atoms. The molecule has 0 bridgehead atoms. The molecule has 1 heterocycles. The lowest BCUT2D eigenvalue weighted by molar-refractivity contribution is -0.384. The molecular weight excluding hydrogens is 242 g/mol. The largest absolute Gasteiger partial charge is 0.367 e. The smallest absolute Gasteiger partial charge is 0.271 e. The fourth-order valence-corrected chi connectivity index (χ4v) is 2.79. The molecule has 5 nitrogen and oxygen atoms in total. The second-order valence-corrected chi connectivity index (χ2v) is 5.45. The number of hydrogen-bond donors (Lipinski definition) is 1. The van der Waals surface area contributed by atoms with Crippen LogP contribution in [-0.4, -0.2) is 30.1 Å². The maximum Gasteiger partial charge on any atom is 0.271 e. The minimum absolute atomic E-state index is 0.183. The second kappa shape index (κ2) is 5.17. The average Bonchev–Trinajstić information content (AvgIpc) is 3.13. The first-order chi connectivity index (χ1) is 9.24. The Morgan fingerprint density at radius 1 is 1.37 bits per heavy atom. The second-order valence-electron chi connectivity index (χ2n) is 5.45. The van der Waals surface area contributed by atoms with Gasteiger partial charge in [0.1, 0.15) is 0 Å². The molecule has 1 aromatic carbocycles. The lowest BCUT2D eigenvalue weighted by Gasteiger charge is -2.27. The summed E-state index contributed by atoms with van der Waals surface area (Å²) in [5, 5.41) is 14.4. The first kappa shape index (κ1) is 12.4. The van der Waals surface area contributed by atoms with Crippen molar-refractivity contribution in [1.29, 1.82) is 0 Å². The van der Waals surface area contributed by atoms with Gasteiger partial charge in [0.25, 0.3) is 5.69 Å². The van der Waals surface area contributed by atoms with Crippen LogP contribution in [0.3, 0.4) is 0 Å². The van der Waals surface area contributed by atoms with E-state index in [4.69, 9.17) is 0 Å². The van der Waals surface area contributed by atoms with Gasteiger partial charge in [0.05, 0.1) is 4.92 Å². The molecule has 1 aliphatic heterocycles. The van der Waals surface area contributed by atoms with Gasteiger partial charge >= 0.3 is 0 Å². The molecule has 3 rings (SSSR count). The first-order valence-electron chi connectivity index (χ1n) is 6.98. The molecule has 0 spiro atoms. The number of nitrogens with zero attached hydrogens (tertiary/aromatic N) is 2. The van der Waals surface area contributed by atoms with Gasteiger partial charge in [-0.1, -0.05) is 6.07 Å².